The number of imidazole rings is 1. The average Bonchev–Trinajstić information content (AvgIpc) is 3.28. The SMILES string of the molecule is CN=C(NCc1nccn1CCCc1ccccc1)NCc1cc(Cl)c(Cl)n1C. The van der Waals surface area contributed by atoms with Crippen molar-refractivity contribution in [3.63, 3.8) is 0 Å². The van der Waals surface area contributed by atoms with E-state index in [4.69, 9.17) is 23.2 Å². The molecule has 154 valence electrons. The second-order valence-corrected chi connectivity index (χ2v) is 7.50. The molecule has 0 saturated carbocycles. The number of halogens is 2. The highest BCUT2D eigenvalue weighted by Gasteiger charge is 2.10. The Morgan fingerprint density at radius 3 is 2.59 bits per heavy atom. The molecule has 0 aliphatic carbocycles. The molecule has 0 aliphatic heterocycles. The van der Waals surface area contributed by atoms with E-state index in [2.05, 4.69) is 49.4 Å². The first-order chi connectivity index (χ1) is 14.1. The van der Waals surface area contributed by atoms with Crippen LogP contribution in [0.15, 0.2) is 53.8 Å². The Kier molecular flexibility index (Phi) is 7.61. The molecule has 0 aliphatic rings. The number of aromatic nitrogens is 3. The van der Waals surface area contributed by atoms with Crippen molar-refractivity contribution in [2.24, 2.45) is 12.0 Å². The van der Waals surface area contributed by atoms with Crippen LogP contribution in [0.25, 0.3) is 0 Å². The van der Waals surface area contributed by atoms with E-state index >= 15 is 0 Å². The van der Waals surface area contributed by atoms with Crippen molar-refractivity contribution < 1.29 is 0 Å². The van der Waals surface area contributed by atoms with Crippen molar-refractivity contribution in [1.82, 2.24) is 24.8 Å². The number of aryl methyl sites for hydroxylation is 2. The minimum Gasteiger partial charge on any atom is -0.351 e. The summed E-state index contributed by atoms with van der Waals surface area (Å²) in [6.07, 6.45) is 5.97. The Morgan fingerprint density at radius 2 is 1.90 bits per heavy atom. The summed E-state index contributed by atoms with van der Waals surface area (Å²) in [7, 11) is 3.63. The van der Waals surface area contributed by atoms with Gasteiger partial charge in [0.15, 0.2) is 5.96 Å². The molecule has 0 spiro atoms. The molecule has 0 radical (unpaired) electrons. The van der Waals surface area contributed by atoms with Gasteiger partial charge in [-0.3, -0.25) is 4.99 Å². The fraction of sp³-hybridized carbons (Fsp3) is 0.333. The van der Waals surface area contributed by atoms with Crippen molar-refractivity contribution in [2.45, 2.75) is 32.5 Å². The largest absolute Gasteiger partial charge is 0.351 e. The summed E-state index contributed by atoms with van der Waals surface area (Å²) in [4.78, 5) is 8.75. The molecule has 3 rings (SSSR count). The van der Waals surface area contributed by atoms with Crippen molar-refractivity contribution in [3.8, 4) is 0 Å². The van der Waals surface area contributed by atoms with E-state index in [0.29, 0.717) is 29.2 Å². The van der Waals surface area contributed by atoms with Gasteiger partial charge in [0.05, 0.1) is 18.1 Å². The molecule has 1 aromatic carbocycles. The molecule has 6 nitrogen and oxygen atoms in total. The smallest absolute Gasteiger partial charge is 0.191 e. The number of aliphatic imine (C=N–C) groups is 1. The maximum atomic E-state index is 6.12. The van der Waals surface area contributed by atoms with Crippen LogP contribution >= 0.6 is 23.2 Å². The molecule has 3 aromatic rings. The van der Waals surface area contributed by atoms with E-state index in [-0.39, 0.29) is 0 Å². The predicted octanol–water partition coefficient (Wildman–Crippen LogP) is 4.03. The maximum Gasteiger partial charge on any atom is 0.191 e. The number of rotatable bonds is 8. The summed E-state index contributed by atoms with van der Waals surface area (Å²) in [5.74, 6) is 1.67. The van der Waals surface area contributed by atoms with Crippen LogP contribution < -0.4 is 10.6 Å². The third-order valence-electron chi connectivity index (χ3n) is 4.80. The Bertz CT molecular complexity index is 945. The molecular formula is C21H26Cl2N6. The summed E-state index contributed by atoms with van der Waals surface area (Å²) in [6.45, 7) is 2.08. The number of guanidine groups is 1. The summed E-state index contributed by atoms with van der Waals surface area (Å²) in [6, 6.07) is 12.4. The average molecular weight is 433 g/mol. The van der Waals surface area contributed by atoms with E-state index in [1.54, 1.807) is 7.05 Å². The van der Waals surface area contributed by atoms with Gasteiger partial charge < -0.3 is 19.8 Å². The molecular weight excluding hydrogens is 407 g/mol. The summed E-state index contributed by atoms with van der Waals surface area (Å²) < 4.78 is 4.03. The van der Waals surface area contributed by atoms with Crippen LogP contribution in [0.1, 0.15) is 23.5 Å². The number of hydrogen-bond acceptors (Lipinski definition) is 2. The minimum absolute atomic E-state index is 0.531. The van der Waals surface area contributed by atoms with Crippen LogP contribution in [0.2, 0.25) is 10.2 Å². The van der Waals surface area contributed by atoms with Gasteiger partial charge in [0.2, 0.25) is 0 Å². The van der Waals surface area contributed by atoms with E-state index in [0.717, 1.165) is 30.9 Å². The van der Waals surface area contributed by atoms with E-state index < -0.39 is 0 Å². The van der Waals surface area contributed by atoms with Crippen LogP contribution in [0, 0.1) is 0 Å². The second-order valence-electron chi connectivity index (χ2n) is 6.74. The number of benzene rings is 1. The van der Waals surface area contributed by atoms with Crippen molar-refractivity contribution in [3.05, 3.63) is 76.0 Å². The topological polar surface area (TPSA) is 59.2 Å². The highest BCUT2D eigenvalue weighted by atomic mass is 35.5. The Labute approximate surface area is 181 Å². The Balaban J connectivity index is 1.48. The lowest BCUT2D eigenvalue weighted by Crippen LogP contribution is -2.37. The molecule has 29 heavy (non-hydrogen) atoms. The van der Waals surface area contributed by atoms with E-state index in [1.807, 2.05) is 36.1 Å². The molecule has 0 saturated heterocycles. The van der Waals surface area contributed by atoms with Gasteiger partial charge in [-0.15, -0.1) is 0 Å². The zero-order chi connectivity index (χ0) is 20.6. The highest BCUT2D eigenvalue weighted by molar-refractivity contribution is 6.41. The van der Waals surface area contributed by atoms with E-state index in [9.17, 15) is 0 Å². The van der Waals surface area contributed by atoms with Crippen LogP contribution in [0.5, 0.6) is 0 Å². The molecule has 0 unspecified atom stereocenters. The molecule has 0 atom stereocenters. The highest BCUT2D eigenvalue weighted by Crippen LogP contribution is 2.24. The first-order valence-electron chi connectivity index (χ1n) is 9.56. The second kappa shape index (κ2) is 10.4. The minimum atomic E-state index is 0.531. The fourth-order valence-electron chi connectivity index (χ4n) is 3.13. The molecule has 2 aromatic heterocycles. The molecule has 2 N–H and O–H groups in total. The Hall–Kier alpha value is -2.44. The summed E-state index contributed by atoms with van der Waals surface area (Å²) in [5, 5.41) is 7.67. The fourth-order valence-corrected chi connectivity index (χ4v) is 3.54. The first kappa shape index (κ1) is 21.3. The van der Waals surface area contributed by atoms with Gasteiger partial charge in [0, 0.05) is 38.7 Å². The lowest BCUT2D eigenvalue weighted by atomic mass is 10.1. The number of nitrogens with zero attached hydrogens (tertiary/aromatic N) is 4. The van der Waals surface area contributed by atoms with Crippen LogP contribution in [0.3, 0.4) is 0 Å². The number of hydrogen-bond donors (Lipinski definition) is 2. The zero-order valence-corrected chi connectivity index (χ0v) is 18.2. The van der Waals surface area contributed by atoms with Gasteiger partial charge in [-0.25, -0.2) is 4.98 Å². The molecule has 0 fully saturated rings. The standard InChI is InChI=1S/C21H26Cl2N6/c1-24-21(26-14-17-13-18(22)20(23)28(17)2)27-15-19-25-10-12-29(19)11-6-9-16-7-4-3-5-8-16/h3-5,7-8,10,12-13H,6,9,11,14-15H2,1-2H3,(H2,24,26,27). The van der Waals surface area contributed by atoms with Gasteiger partial charge in [-0.1, -0.05) is 53.5 Å². The van der Waals surface area contributed by atoms with Crippen LogP contribution in [-0.2, 0) is 33.1 Å². The Morgan fingerprint density at radius 1 is 1.14 bits per heavy atom. The summed E-state index contributed by atoms with van der Waals surface area (Å²) in [5.41, 5.74) is 2.34. The lowest BCUT2D eigenvalue weighted by Gasteiger charge is -2.13. The third-order valence-corrected chi connectivity index (χ3v) is 5.64. The zero-order valence-electron chi connectivity index (χ0n) is 16.7. The third kappa shape index (κ3) is 5.78. The van der Waals surface area contributed by atoms with Gasteiger partial charge in [-0.05, 0) is 24.5 Å². The lowest BCUT2D eigenvalue weighted by molar-refractivity contribution is 0.600. The van der Waals surface area contributed by atoms with E-state index in [1.165, 1.54) is 5.56 Å². The predicted molar refractivity (Wildman–Crippen MR) is 119 cm³/mol. The van der Waals surface area contributed by atoms with Crippen molar-refractivity contribution >= 4 is 29.2 Å². The maximum absolute atomic E-state index is 6.12. The number of nitrogens with one attached hydrogen (secondary N) is 2. The molecule has 2 heterocycles. The van der Waals surface area contributed by atoms with Crippen molar-refractivity contribution in [2.75, 3.05) is 7.05 Å². The monoisotopic (exact) mass is 432 g/mol. The van der Waals surface area contributed by atoms with Crippen LogP contribution in [-0.4, -0.2) is 27.1 Å². The van der Waals surface area contributed by atoms with Crippen molar-refractivity contribution in [1.29, 1.82) is 0 Å². The molecule has 0 amide bonds. The van der Waals surface area contributed by atoms with Crippen LogP contribution in [0.4, 0.5) is 0 Å². The van der Waals surface area contributed by atoms with Gasteiger partial charge in [0.25, 0.3) is 0 Å². The summed E-state index contributed by atoms with van der Waals surface area (Å²) >= 11 is 12.2. The molecule has 8 heteroatoms. The van der Waals surface area contributed by atoms with Gasteiger partial charge in [0.1, 0.15) is 11.0 Å². The first-order valence-corrected chi connectivity index (χ1v) is 10.3. The van der Waals surface area contributed by atoms with Gasteiger partial charge >= 0.3 is 0 Å². The van der Waals surface area contributed by atoms with Gasteiger partial charge in [-0.2, -0.15) is 0 Å². The molecule has 0 bridgehead atoms. The normalized spacial score (nSPS) is 11.7. The quantitative estimate of drug-likeness (QED) is 0.417.